The van der Waals surface area contributed by atoms with Gasteiger partial charge < -0.3 is 15.0 Å². The van der Waals surface area contributed by atoms with E-state index in [1.54, 1.807) is 4.90 Å². The number of alkyl halides is 3. The van der Waals surface area contributed by atoms with Crippen LogP contribution in [0.15, 0.2) is 0 Å². The Morgan fingerprint density at radius 3 is 2.30 bits per heavy atom. The predicted molar refractivity (Wildman–Crippen MR) is 81.1 cm³/mol. The summed E-state index contributed by atoms with van der Waals surface area (Å²) < 4.78 is 41.8. The zero-order chi connectivity index (χ0) is 17.4. The predicted octanol–water partition coefficient (Wildman–Crippen LogP) is 3.56. The summed E-state index contributed by atoms with van der Waals surface area (Å²) in [7, 11) is 0. The lowest BCUT2D eigenvalue weighted by Crippen LogP contribution is -2.40. The average Bonchev–Trinajstić information content (AvgIpc) is 2.81. The van der Waals surface area contributed by atoms with Gasteiger partial charge in [-0.2, -0.15) is 13.2 Å². The molecule has 3 unspecified atom stereocenters. The molecule has 2 fully saturated rings. The highest BCUT2D eigenvalue weighted by Gasteiger charge is 2.57. The standard InChI is InChI=1S/C16H27F3N2O2/c1-10(6-5-7-16(17,18)19)20-13-11-8-21(9-12(11)13)14(22)23-15(2,3)4/h10-13,20H,5-9H2,1-4H3. The molecule has 4 nitrogen and oxygen atoms in total. The van der Waals surface area contributed by atoms with Crippen molar-refractivity contribution in [2.24, 2.45) is 11.8 Å². The maximum atomic E-state index is 12.1. The fourth-order valence-electron chi connectivity index (χ4n) is 3.27. The lowest BCUT2D eigenvalue weighted by Gasteiger charge is -2.26. The van der Waals surface area contributed by atoms with E-state index in [9.17, 15) is 18.0 Å². The molecule has 23 heavy (non-hydrogen) atoms. The van der Waals surface area contributed by atoms with Crippen LogP contribution >= 0.6 is 0 Å². The van der Waals surface area contributed by atoms with Crippen LogP contribution < -0.4 is 5.32 Å². The Balaban J connectivity index is 1.65. The molecule has 1 N–H and O–H groups in total. The van der Waals surface area contributed by atoms with Gasteiger partial charge in [-0.3, -0.25) is 0 Å². The number of hydrogen-bond donors (Lipinski definition) is 1. The largest absolute Gasteiger partial charge is 0.444 e. The van der Waals surface area contributed by atoms with Crippen LogP contribution in [0.25, 0.3) is 0 Å². The van der Waals surface area contributed by atoms with Crippen molar-refractivity contribution >= 4 is 6.09 Å². The summed E-state index contributed by atoms with van der Waals surface area (Å²) in [4.78, 5) is 13.7. The van der Waals surface area contributed by atoms with Gasteiger partial charge in [0.1, 0.15) is 5.60 Å². The fraction of sp³-hybridized carbons (Fsp3) is 0.938. The number of halogens is 3. The average molecular weight is 336 g/mol. The van der Waals surface area contributed by atoms with Gasteiger partial charge in [0.2, 0.25) is 0 Å². The molecule has 1 amide bonds. The lowest BCUT2D eigenvalue weighted by molar-refractivity contribution is -0.135. The van der Waals surface area contributed by atoms with Crippen molar-refractivity contribution in [1.29, 1.82) is 0 Å². The molecule has 1 aliphatic heterocycles. The van der Waals surface area contributed by atoms with Gasteiger partial charge in [-0.05, 0) is 52.4 Å². The minimum absolute atomic E-state index is 0.0722. The number of nitrogens with one attached hydrogen (secondary N) is 1. The Morgan fingerprint density at radius 1 is 1.26 bits per heavy atom. The maximum Gasteiger partial charge on any atom is 0.410 e. The van der Waals surface area contributed by atoms with Gasteiger partial charge in [-0.25, -0.2) is 4.79 Å². The Kier molecular flexibility index (Phi) is 5.18. The highest BCUT2D eigenvalue weighted by atomic mass is 19.4. The Bertz CT molecular complexity index is 422. The normalized spacial score (nSPS) is 28.5. The zero-order valence-electron chi connectivity index (χ0n) is 14.2. The molecular weight excluding hydrogens is 309 g/mol. The molecule has 0 radical (unpaired) electrons. The Hall–Kier alpha value is -0.980. The number of carbonyl (C=O) groups is 1. The molecule has 0 aromatic rings. The molecule has 1 heterocycles. The smallest absolute Gasteiger partial charge is 0.410 e. The molecule has 0 spiro atoms. The van der Waals surface area contributed by atoms with Crippen LogP contribution in [0.4, 0.5) is 18.0 Å². The van der Waals surface area contributed by atoms with E-state index in [-0.39, 0.29) is 18.6 Å². The van der Waals surface area contributed by atoms with Gasteiger partial charge in [0.25, 0.3) is 0 Å². The summed E-state index contributed by atoms with van der Waals surface area (Å²) in [6.07, 6.45) is -4.39. The number of rotatable bonds is 5. The highest BCUT2D eigenvalue weighted by Crippen LogP contribution is 2.46. The molecule has 0 aromatic carbocycles. The van der Waals surface area contributed by atoms with E-state index < -0.39 is 18.2 Å². The first-order valence-electron chi connectivity index (χ1n) is 8.27. The third-order valence-corrected chi connectivity index (χ3v) is 4.42. The summed E-state index contributed by atoms with van der Waals surface area (Å²) in [5, 5.41) is 3.40. The molecule has 3 atom stereocenters. The van der Waals surface area contributed by atoms with Gasteiger partial charge in [-0.1, -0.05) is 0 Å². The minimum Gasteiger partial charge on any atom is -0.444 e. The van der Waals surface area contributed by atoms with Gasteiger partial charge in [0, 0.05) is 31.6 Å². The number of piperidine rings is 1. The first kappa shape index (κ1) is 18.4. The van der Waals surface area contributed by atoms with Crippen molar-refractivity contribution in [1.82, 2.24) is 10.2 Å². The third kappa shape index (κ3) is 5.55. The number of ether oxygens (including phenoxy) is 1. The van der Waals surface area contributed by atoms with Crippen molar-refractivity contribution in [2.45, 2.75) is 70.8 Å². The van der Waals surface area contributed by atoms with Crippen molar-refractivity contribution in [2.75, 3.05) is 13.1 Å². The van der Waals surface area contributed by atoms with Crippen molar-refractivity contribution in [3.63, 3.8) is 0 Å². The molecule has 7 heteroatoms. The molecule has 1 saturated heterocycles. The summed E-state index contributed by atoms with van der Waals surface area (Å²) in [6.45, 7) is 8.80. The van der Waals surface area contributed by atoms with E-state index in [1.807, 2.05) is 27.7 Å². The molecule has 0 bridgehead atoms. The lowest BCUT2D eigenvalue weighted by atomic mass is 10.1. The quantitative estimate of drug-likeness (QED) is 0.835. The van der Waals surface area contributed by atoms with Crippen molar-refractivity contribution in [3.05, 3.63) is 0 Å². The second kappa shape index (κ2) is 6.49. The van der Waals surface area contributed by atoms with Gasteiger partial charge >= 0.3 is 12.3 Å². The third-order valence-electron chi connectivity index (χ3n) is 4.42. The topological polar surface area (TPSA) is 41.6 Å². The number of amides is 1. The number of nitrogens with zero attached hydrogens (tertiary/aromatic N) is 1. The van der Waals surface area contributed by atoms with Crippen LogP contribution in [0.1, 0.15) is 47.0 Å². The van der Waals surface area contributed by atoms with Crippen LogP contribution in [-0.4, -0.2) is 47.9 Å². The van der Waals surface area contributed by atoms with Gasteiger partial charge in [0.15, 0.2) is 0 Å². The summed E-state index contributed by atoms with van der Waals surface area (Å²) in [6, 6.07) is 0.400. The number of carbonyl (C=O) groups excluding carboxylic acids is 1. The first-order valence-corrected chi connectivity index (χ1v) is 8.27. The molecule has 0 aromatic heterocycles. The van der Waals surface area contributed by atoms with Crippen LogP contribution in [-0.2, 0) is 4.74 Å². The monoisotopic (exact) mass is 336 g/mol. The Labute approximate surface area is 135 Å². The minimum atomic E-state index is -4.07. The summed E-state index contributed by atoms with van der Waals surface area (Å²) >= 11 is 0. The molecular formula is C16H27F3N2O2. The van der Waals surface area contributed by atoms with Crippen LogP contribution in [0.2, 0.25) is 0 Å². The maximum absolute atomic E-state index is 12.1. The zero-order valence-corrected chi connectivity index (χ0v) is 14.2. The number of fused-ring (bicyclic) bond motifs is 1. The molecule has 134 valence electrons. The van der Waals surface area contributed by atoms with E-state index in [4.69, 9.17) is 4.74 Å². The number of likely N-dealkylation sites (tertiary alicyclic amines) is 1. The van der Waals surface area contributed by atoms with E-state index in [1.165, 1.54) is 0 Å². The van der Waals surface area contributed by atoms with Gasteiger partial charge in [0.05, 0.1) is 0 Å². The van der Waals surface area contributed by atoms with E-state index in [0.717, 1.165) is 0 Å². The molecule has 1 saturated carbocycles. The summed E-state index contributed by atoms with van der Waals surface area (Å²) in [5.41, 5.74) is -0.492. The fourth-order valence-corrected chi connectivity index (χ4v) is 3.27. The van der Waals surface area contributed by atoms with E-state index >= 15 is 0 Å². The second-order valence-corrected chi connectivity index (χ2v) is 7.81. The van der Waals surface area contributed by atoms with Gasteiger partial charge in [-0.15, -0.1) is 0 Å². The molecule has 2 rings (SSSR count). The van der Waals surface area contributed by atoms with E-state index in [0.29, 0.717) is 37.4 Å². The van der Waals surface area contributed by atoms with Crippen molar-refractivity contribution < 1.29 is 22.7 Å². The van der Waals surface area contributed by atoms with E-state index in [2.05, 4.69) is 5.32 Å². The van der Waals surface area contributed by atoms with Crippen LogP contribution in [0.3, 0.4) is 0 Å². The SMILES string of the molecule is CC(CCCC(F)(F)F)NC1C2CN(C(=O)OC(C)(C)C)CC21. The highest BCUT2D eigenvalue weighted by molar-refractivity contribution is 5.69. The second-order valence-electron chi connectivity index (χ2n) is 7.81. The Morgan fingerprint density at radius 2 is 1.83 bits per heavy atom. The first-order chi connectivity index (χ1) is 10.5. The van der Waals surface area contributed by atoms with Crippen molar-refractivity contribution in [3.8, 4) is 0 Å². The van der Waals surface area contributed by atoms with Crippen LogP contribution in [0.5, 0.6) is 0 Å². The molecule has 2 aliphatic rings. The number of hydrogen-bond acceptors (Lipinski definition) is 3. The molecule has 1 aliphatic carbocycles. The summed E-state index contributed by atoms with van der Waals surface area (Å²) in [5.74, 6) is 0.820. The van der Waals surface area contributed by atoms with Crippen LogP contribution in [0, 0.1) is 11.8 Å².